The molecule has 0 spiro atoms. The maximum Gasteiger partial charge on any atom is 0.126 e. The lowest BCUT2D eigenvalue weighted by Crippen LogP contribution is -2.28. The lowest BCUT2D eigenvalue weighted by atomic mass is 9.96. The van der Waals surface area contributed by atoms with Crippen molar-refractivity contribution in [2.24, 2.45) is 11.3 Å². The van der Waals surface area contributed by atoms with Gasteiger partial charge in [0.25, 0.3) is 0 Å². The monoisotopic (exact) mass is 313 g/mol. The fourth-order valence-electron chi connectivity index (χ4n) is 2.30. The second-order valence-corrected chi connectivity index (χ2v) is 6.85. The van der Waals surface area contributed by atoms with Gasteiger partial charge in [0, 0.05) is 11.0 Å². The normalized spacial score (nSPS) is 17.2. The Bertz CT molecular complexity index is 413. The number of benzene rings is 1. The first-order chi connectivity index (χ1) is 8.51. The van der Waals surface area contributed by atoms with E-state index in [0.29, 0.717) is 11.3 Å². The summed E-state index contributed by atoms with van der Waals surface area (Å²) in [5, 5.41) is 3.51. The van der Waals surface area contributed by atoms with Gasteiger partial charge in [-0.2, -0.15) is 0 Å². The fourth-order valence-corrected chi connectivity index (χ4v) is 2.71. The summed E-state index contributed by atoms with van der Waals surface area (Å²) in [6, 6.07) is 5.23. The second kappa shape index (κ2) is 5.70. The third kappa shape index (κ3) is 3.79. The van der Waals surface area contributed by atoms with E-state index in [1.165, 1.54) is 12.8 Å². The van der Waals surface area contributed by atoms with Crippen molar-refractivity contribution in [3.63, 3.8) is 0 Å². The molecule has 3 heteroatoms. The lowest BCUT2D eigenvalue weighted by molar-refractivity contribution is 0.425. The Morgan fingerprint density at radius 1 is 1.39 bits per heavy atom. The first kappa shape index (κ1) is 14.0. The third-order valence-electron chi connectivity index (χ3n) is 3.58. The van der Waals surface area contributed by atoms with E-state index in [4.69, 9.17) is 0 Å². The van der Waals surface area contributed by atoms with Crippen LogP contribution in [0.2, 0.25) is 0 Å². The molecule has 1 nitrogen and oxygen atoms in total. The minimum absolute atomic E-state index is 0.0756. The van der Waals surface area contributed by atoms with Crippen LogP contribution in [-0.2, 0) is 6.42 Å². The van der Waals surface area contributed by atoms with E-state index in [0.717, 1.165) is 29.5 Å². The molecule has 0 heterocycles. The highest BCUT2D eigenvalue weighted by molar-refractivity contribution is 9.10. The van der Waals surface area contributed by atoms with Crippen LogP contribution >= 0.6 is 15.9 Å². The van der Waals surface area contributed by atoms with Gasteiger partial charge in [0.1, 0.15) is 5.82 Å². The molecular formula is C15H21BrFN. The Labute approximate surface area is 117 Å². The molecule has 0 atom stereocenters. The Morgan fingerprint density at radius 2 is 2.11 bits per heavy atom. The van der Waals surface area contributed by atoms with Crippen molar-refractivity contribution in [2.75, 3.05) is 13.1 Å². The van der Waals surface area contributed by atoms with E-state index in [9.17, 15) is 4.39 Å². The summed E-state index contributed by atoms with van der Waals surface area (Å²) in [6.45, 7) is 6.47. The number of halogens is 2. The molecule has 0 bridgehead atoms. The summed E-state index contributed by atoms with van der Waals surface area (Å²) in [4.78, 5) is 0. The number of rotatable bonds is 6. The van der Waals surface area contributed by atoms with Crippen molar-refractivity contribution in [3.8, 4) is 0 Å². The van der Waals surface area contributed by atoms with E-state index in [1.54, 1.807) is 12.1 Å². The number of hydrogen-bond acceptors (Lipinski definition) is 1. The van der Waals surface area contributed by atoms with Crippen LogP contribution in [0.4, 0.5) is 4.39 Å². The summed E-state index contributed by atoms with van der Waals surface area (Å²) in [5.74, 6) is 0.594. The standard InChI is InChI=1S/C15H21BrFN/c1-11(2)9-18-10-15(5-6-15)8-12-7-13(16)3-4-14(12)17/h3-4,7,11,18H,5-6,8-10H2,1-2H3. The van der Waals surface area contributed by atoms with Crippen molar-refractivity contribution in [1.82, 2.24) is 5.32 Å². The van der Waals surface area contributed by atoms with Crippen molar-refractivity contribution in [3.05, 3.63) is 34.1 Å². The minimum atomic E-state index is -0.0756. The van der Waals surface area contributed by atoms with Crippen LogP contribution in [-0.4, -0.2) is 13.1 Å². The van der Waals surface area contributed by atoms with Crippen molar-refractivity contribution >= 4 is 15.9 Å². The SMILES string of the molecule is CC(C)CNCC1(Cc2cc(Br)ccc2F)CC1. The molecule has 1 aromatic rings. The molecule has 1 saturated carbocycles. The van der Waals surface area contributed by atoms with E-state index in [-0.39, 0.29) is 5.82 Å². The molecule has 0 unspecified atom stereocenters. The van der Waals surface area contributed by atoms with Gasteiger partial charge in [-0.3, -0.25) is 0 Å². The minimum Gasteiger partial charge on any atom is -0.316 e. The Balaban J connectivity index is 1.94. The van der Waals surface area contributed by atoms with Crippen LogP contribution in [0.3, 0.4) is 0 Å². The van der Waals surface area contributed by atoms with E-state index in [1.807, 2.05) is 6.07 Å². The average Bonchev–Trinajstić information content (AvgIpc) is 3.03. The van der Waals surface area contributed by atoms with Crippen molar-refractivity contribution < 1.29 is 4.39 Å². The highest BCUT2D eigenvalue weighted by atomic mass is 79.9. The summed E-state index contributed by atoms with van der Waals surface area (Å²) in [6.07, 6.45) is 3.28. The van der Waals surface area contributed by atoms with Gasteiger partial charge in [-0.25, -0.2) is 4.39 Å². The number of nitrogens with one attached hydrogen (secondary N) is 1. The Hall–Kier alpha value is -0.410. The van der Waals surface area contributed by atoms with Crippen LogP contribution in [0.5, 0.6) is 0 Å². The zero-order chi connectivity index (χ0) is 13.2. The second-order valence-electron chi connectivity index (χ2n) is 5.94. The topological polar surface area (TPSA) is 12.0 Å². The molecule has 0 aromatic heterocycles. The predicted molar refractivity (Wildman–Crippen MR) is 77.2 cm³/mol. The van der Waals surface area contributed by atoms with Gasteiger partial charge in [0.05, 0.1) is 0 Å². The van der Waals surface area contributed by atoms with Crippen LogP contribution in [0, 0.1) is 17.2 Å². The molecular weight excluding hydrogens is 293 g/mol. The molecule has 0 saturated heterocycles. The molecule has 1 aromatic carbocycles. The molecule has 0 radical (unpaired) electrons. The highest BCUT2D eigenvalue weighted by Crippen LogP contribution is 2.48. The van der Waals surface area contributed by atoms with Gasteiger partial charge in [-0.15, -0.1) is 0 Å². The Morgan fingerprint density at radius 3 is 2.72 bits per heavy atom. The summed E-state index contributed by atoms with van der Waals surface area (Å²) in [5.41, 5.74) is 1.14. The molecule has 0 amide bonds. The van der Waals surface area contributed by atoms with Gasteiger partial charge in [-0.1, -0.05) is 29.8 Å². The van der Waals surface area contributed by atoms with E-state index < -0.39 is 0 Å². The molecule has 0 aliphatic heterocycles. The predicted octanol–water partition coefficient (Wildman–Crippen LogP) is 4.16. The average molecular weight is 314 g/mol. The van der Waals surface area contributed by atoms with Crippen LogP contribution in [0.1, 0.15) is 32.3 Å². The van der Waals surface area contributed by atoms with E-state index >= 15 is 0 Å². The van der Waals surface area contributed by atoms with Gasteiger partial charge in [0.15, 0.2) is 0 Å². The van der Waals surface area contributed by atoms with Crippen LogP contribution < -0.4 is 5.32 Å². The molecule has 2 rings (SSSR count). The molecule has 100 valence electrons. The van der Waals surface area contributed by atoms with Gasteiger partial charge < -0.3 is 5.32 Å². The lowest BCUT2D eigenvalue weighted by Gasteiger charge is -2.17. The molecule has 1 N–H and O–H groups in total. The first-order valence-corrected chi connectivity index (χ1v) is 7.45. The zero-order valence-electron chi connectivity index (χ0n) is 11.1. The van der Waals surface area contributed by atoms with E-state index in [2.05, 4.69) is 35.1 Å². The smallest absolute Gasteiger partial charge is 0.126 e. The van der Waals surface area contributed by atoms with Gasteiger partial charge >= 0.3 is 0 Å². The molecule has 1 aliphatic rings. The van der Waals surface area contributed by atoms with Gasteiger partial charge in [-0.05, 0) is 60.9 Å². The highest BCUT2D eigenvalue weighted by Gasteiger charge is 2.42. The quantitative estimate of drug-likeness (QED) is 0.831. The number of hydrogen-bond donors (Lipinski definition) is 1. The summed E-state index contributed by atoms with van der Waals surface area (Å²) in [7, 11) is 0. The largest absolute Gasteiger partial charge is 0.316 e. The maximum absolute atomic E-state index is 13.7. The Kier molecular flexibility index (Phi) is 4.44. The zero-order valence-corrected chi connectivity index (χ0v) is 12.7. The third-order valence-corrected chi connectivity index (χ3v) is 4.08. The summed E-state index contributed by atoms with van der Waals surface area (Å²) < 4.78 is 14.7. The van der Waals surface area contributed by atoms with Crippen LogP contribution in [0.15, 0.2) is 22.7 Å². The van der Waals surface area contributed by atoms with Crippen molar-refractivity contribution in [2.45, 2.75) is 33.1 Å². The molecule has 1 fully saturated rings. The fraction of sp³-hybridized carbons (Fsp3) is 0.600. The maximum atomic E-state index is 13.7. The summed E-state index contributed by atoms with van der Waals surface area (Å²) >= 11 is 3.41. The van der Waals surface area contributed by atoms with Gasteiger partial charge in [0.2, 0.25) is 0 Å². The molecule has 1 aliphatic carbocycles. The van der Waals surface area contributed by atoms with Crippen LogP contribution in [0.25, 0.3) is 0 Å². The molecule has 18 heavy (non-hydrogen) atoms. The van der Waals surface area contributed by atoms with Crippen molar-refractivity contribution in [1.29, 1.82) is 0 Å². The first-order valence-electron chi connectivity index (χ1n) is 6.65.